The van der Waals surface area contributed by atoms with Gasteiger partial charge in [-0.1, -0.05) is 30.3 Å². The average Bonchev–Trinajstić information content (AvgIpc) is 3.16. The lowest BCUT2D eigenvalue weighted by Gasteiger charge is -2.24. The molecule has 0 bridgehead atoms. The van der Waals surface area contributed by atoms with E-state index < -0.39 is 0 Å². The predicted octanol–water partition coefficient (Wildman–Crippen LogP) is 2.94. The molecule has 0 atom stereocenters. The van der Waals surface area contributed by atoms with Gasteiger partial charge in [0.1, 0.15) is 5.82 Å². The number of hydrogen-bond acceptors (Lipinski definition) is 2. The molecule has 0 saturated carbocycles. The Bertz CT molecular complexity index is 634. The molecule has 1 aromatic heterocycles. The summed E-state index contributed by atoms with van der Waals surface area (Å²) in [4.78, 5) is 7.27. The molecule has 2 aliphatic heterocycles. The first-order valence-corrected chi connectivity index (χ1v) is 7.48. The molecule has 102 valence electrons. The van der Waals surface area contributed by atoms with E-state index in [0.717, 1.165) is 18.8 Å². The number of anilines is 1. The van der Waals surface area contributed by atoms with Gasteiger partial charge in [-0.25, -0.2) is 0 Å². The minimum absolute atomic E-state index is 0.882. The molecule has 20 heavy (non-hydrogen) atoms. The van der Waals surface area contributed by atoms with E-state index in [0.29, 0.717) is 0 Å². The van der Waals surface area contributed by atoms with Crippen molar-refractivity contribution in [2.24, 2.45) is 4.99 Å². The van der Waals surface area contributed by atoms with E-state index in [1.165, 1.54) is 43.0 Å². The zero-order valence-electron chi connectivity index (χ0n) is 11.6. The number of benzene rings is 1. The van der Waals surface area contributed by atoms with Crippen molar-refractivity contribution in [2.45, 2.75) is 19.4 Å². The summed E-state index contributed by atoms with van der Waals surface area (Å²) in [6.45, 7) is 4.28. The molecule has 3 heterocycles. The molecule has 0 aliphatic carbocycles. The molecule has 1 fully saturated rings. The first-order chi connectivity index (χ1) is 9.93. The monoisotopic (exact) mass is 265 g/mol. The standard InChI is InChI=1S/C17H19N3/c1-2-6-14(7-3-1)17-15-8-9-16(19-11-4-5-12-19)20(15)13-10-18-17/h1-3,6-9H,4-5,10-13H2. The highest BCUT2D eigenvalue weighted by atomic mass is 15.3. The number of nitrogens with zero attached hydrogens (tertiary/aromatic N) is 3. The molecule has 0 unspecified atom stereocenters. The number of aliphatic imine (C=N–C) groups is 1. The van der Waals surface area contributed by atoms with Gasteiger partial charge < -0.3 is 9.47 Å². The molecule has 0 amide bonds. The molecule has 0 radical (unpaired) electrons. The summed E-state index contributed by atoms with van der Waals surface area (Å²) in [7, 11) is 0. The van der Waals surface area contributed by atoms with Gasteiger partial charge >= 0.3 is 0 Å². The fraction of sp³-hybridized carbons (Fsp3) is 0.353. The van der Waals surface area contributed by atoms with Crippen molar-refractivity contribution in [1.82, 2.24) is 4.57 Å². The van der Waals surface area contributed by atoms with Crippen LogP contribution in [0, 0.1) is 0 Å². The van der Waals surface area contributed by atoms with Crippen molar-refractivity contribution < 1.29 is 0 Å². The van der Waals surface area contributed by atoms with Gasteiger partial charge in [0.2, 0.25) is 0 Å². The maximum absolute atomic E-state index is 4.76. The Morgan fingerprint density at radius 1 is 0.850 bits per heavy atom. The maximum atomic E-state index is 4.76. The zero-order valence-corrected chi connectivity index (χ0v) is 11.6. The van der Waals surface area contributed by atoms with Crippen molar-refractivity contribution >= 4 is 11.5 Å². The molecule has 0 spiro atoms. The van der Waals surface area contributed by atoms with Crippen LogP contribution >= 0.6 is 0 Å². The Morgan fingerprint density at radius 3 is 2.45 bits per heavy atom. The lowest BCUT2D eigenvalue weighted by molar-refractivity contribution is 0.677. The van der Waals surface area contributed by atoms with Crippen LogP contribution in [0.3, 0.4) is 0 Å². The average molecular weight is 265 g/mol. The highest BCUT2D eigenvalue weighted by Gasteiger charge is 2.22. The van der Waals surface area contributed by atoms with Crippen LogP contribution in [-0.4, -0.2) is 29.9 Å². The molecular formula is C17H19N3. The van der Waals surface area contributed by atoms with E-state index in [1.54, 1.807) is 0 Å². The van der Waals surface area contributed by atoms with E-state index in [1.807, 2.05) is 0 Å². The summed E-state index contributed by atoms with van der Waals surface area (Å²) in [5.41, 5.74) is 3.63. The first kappa shape index (κ1) is 11.8. The lowest BCUT2D eigenvalue weighted by atomic mass is 10.1. The molecular weight excluding hydrogens is 246 g/mol. The fourth-order valence-electron chi connectivity index (χ4n) is 3.30. The Kier molecular flexibility index (Phi) is 2.84. The SMILES string of the molecule is c1ccc(C2=NCCn3c2ccc3N2CCCC2)cc1. The minimum atomic E-state index is 0.882. The van der Waals surface area contributed by atoms with Crippen molar-refractivity contribution in [3.05, 3.63) is 53.7 Å². The number of aromatic nitrogens is 1. The van der Waals surface area contributed by atoms with Gasteiger partial charge in [0, 0.05) is 25.2 Å². The molecule has 2 aromatic rings. The third-order valence-electron chi connectivity index (χ3n) is 4.27. The second-order valence-electron chi connectivity index (χ2n) is 5.52. The van der Waals surface area contributed by atoms with Crippen molar-refractivity contribution in [1.29, 1.82) is 0 Å². The molecule has 4 rings (SSSR count). The quantitative estimate of drug-likeness (QED) is 0.817. The topological polar surface area (TPSA) is 20.5 Å². The number of fused-ring (bicyclic) bond motifs is 1. The molecule has 0 N–H and O–H groups in total. The molecule has 2 aliphatic rings. The fourth-order valence-corrected chi connectivity index (χ4v) is 3.30. The summed E-state index contributed by atoms with van der Waals surface area (Å²) < 4.78 is 2.45. The second kappa shape index (κ2) is 4.82. The largest absolute Gasteiger partial charge is 0.358 e. The Morgan fingerprint density at radius 2 is 1.65 bits per heavy atom. The molecule has 1 saturated heterocycles. The van der Waals surface area contributed by atoms with Gasteiger partial charge in [-0.2, -0.15) is 0 Å². The highest BCUT2D eigenvalue weighted by Crippen LogP contribution is 2.27. The molecule has 3 nitrogen and oxygen atoms in total. The van der Waals surface area contributed by atoms with E-state index in [9.17, 15) is 0 Å². The lowest BCUT2D eigenvalue weighted by Crippen LogP contribution is -2.25. The Labute approximate surface area is 119 Å². The van der Waals surface area contributed by atoms with Crippen LogP contribution in [0.4, 0.5) is 5.82 Å². The van der Waals surface area contributed by atoms with Gasteiger partial charge in [0.25, 0.3) is 0 Å². The third-order valence-corrected chi connectivity index (χ3v) is 4.27. The highest BCUT2D eigenvalue weighted by molar-refractivity contribution is 6.12. The Hall–Kier alpha value is -2.03. The van der Waals surface area contributed by atoms with E-state index in [4.69, 9.17) is 4.99 Å². The van der Waals surface area contributed by atoms with Crippen LogP contribution in [-0.2, 0) is 6.54 Å². The van der Waals surface area contributed by atoms with Gasteiger partial charge in [-0.3, -0.25) is 4.99 Å². The first-order valence-electron chi connectivity index (χ1n) is 7.48. The Balaban J connectivity index is 1.75. The predicted molar refractivity (Wildman–Crippen MR) is 82.8 cm³/mol. The van der Waals surface area contributed by atoms with Crippen LogP contribution in [0.2, 0.25) is 0 Å². The molecule has 1 aromatic carbocycles. The summed E-state index contributed by atoms with van der Waals surface area (Å²) in [6.07, 6.45) is 2.64. The van der Waals surface area contributed by atoms with Crippen molar-refractivity contribution in [2.75, 3.05) is 24.5 Å². The van der Waals surface area contributed by atoms with Crippen LogP contribution in [0.25, 0.3) is 0 Å². The summed E-state index contributed by atoms with van der Waals surface area (Å²) in [5, 5.41) is 0. The normalized spacial score (nSPS) is 18.0. The van der Waals surface area contributed by atoms with E-state index in [2.05, 4.69) is 51.9 Å². The van der Waals surface area contributed by atoms with Crippen LogP contribution in [0.1, 0.15) is 24.1 Å². The van der Waals surface area contributed by atoms with E-state index in [-0.39, 0.29) is 0 Å². The van der Waals surface area contributed by atoms with Gasteiger partial charge in [-0.15, -0.1) is 0 Å². The number of hydrogen-bond donors (Lipinski definition) is 0. The zero-order chi connectivity index (χ0) is 13.4. The van der Waals surface area contributed by atoms with Gasteiger partial charge in [0.05, 0.1) is 18.0 Å². The van der Waals surface area contributed by atoms with Crippen LogP contribution in [0.15, 0.2) is 47.5 Å². The van der Waals surface area contributed by atoms with Gasteiger partial charge in [-0.05, 0) is 25.0 Å². The van der Waals surface area contributed by atoms with Crippen LogP contribution < -0.4 is 4.90 Å². The molecule has 3 heteroatoms. The summed E-state index contributed by atoms with van der Waals surface area (Å²) >= 11 is 0. The maximum Gasteiger partial charge on any atom is 0.109 e. The number of rotatable bonds is 2. The minimum Gasteiger partial charge on any atom is -0.358 e. The van der Waals surface area contributed by atoms with Crippen molar-refractivity contribution in [3.8, 4) is 0 Å². The van der Waals surface area contributed by atoms with Crippen LogP contribution in [0.5, 0.6) is 0 Å². The summed E-state index contributed by atoms with van der Waals surface area (Å²) in [5.74, 6) is 1.38. The van der Waals surface area contributed by atoms with E-state index >= 15 is 0 Å². The summed E-state index contributed by atoms with van der Waals surface area (Å²) in [6, 6.07) is 15.0. The van der Waals surface area contributed by atoms with Crippen molar-refractivity contribution in [3.63, 3.8) is 0 Å². The third kappa shape index (κ3) is 1.85. The van der Waals surface area contributed by atoms with Gasteiger partial charge in [0.15, 0.2) is 0 Å². The smallest absolute Gasteiger partial charge is 0.109 e. The second-order valence-corrected chi connectivity index (χ2v) is 5.52.